The summed E-state index contributed by atoms with van der Waals surface area (Å²) < 4.78 is 4.70. The third-order valence-corrected chi connectivity index (χ3v) is 2.70. The van der Waals surface area contributed by atoms with Crippen LogP contribution in [0.4, 0.5) is 0 Å². The number of aromatic nitrogens is 1. The molecular weight excluding hydrogens is 216 g/mol. The fourth-order valence-electron chi connectivity index (χ4n) is 1.82. The maximum absolute atomic E-state index is 11.4. The van der Waals surface area contributed by atoms with Crippen molar-refractivity contribution < 1.29 is 4.52 Å². The average molecular weight is 226 g/mol. The molecule has 1 aliphatic heterocycles. The lowest BCUT2D eigenvalue weighted by Gasteiger charge is -1.88. The maximum atomic E-state index is 11.4. The van der Waals surface area contributed by atoms with Crippen molar-refractivity contribution in [2.75, 3.05) is 0 Å². The van der Waals surface area contributed by atoms with Crippen molar-refractivity contribution >= 4 is 12.2 Å². The van der Waals surface area contributed by atoms with Crippen molar-refractivity contribution in [1.29, 1.82) is 0 Å². The van der Waals surface area contributed by atoms with Crippen LogP contribution in [-0.4, -0.2) is 5.16 Å². The van der Waals surface area contributed by atoms with Gasteiger partial charge in [-0.1, -0.05) is 18.2 Å². The highest BCUT2D eigenvalue weighted by Gasteiger charge is 2.07. The number of nitrogens with zero attached hydrogens (tertiary/aromatic N) is 1. The zero-order valence-corrected chi connectivity index (χ0v) is 9.23. The summed E-state index contributed by atoms with van der Waals surface area (Å²) in [6, 6.07) is 7.84. The van der Waals surface area contributed by atoms with Crippen molar-refractivity contribution in [3.05, 3.63) is 62.2 Å². The highest BCUT2D eigenvalue weighted by Crippen LogP contribution is 2.09. The van der Waals surface area contributed by atoms with E-state index in [2.05, 4.69) is 10.1 Å². The molecule has 0 bridgehead atoms. The number of fused-ring (bicyclic) bond motifs is 1. The quantitative estimate of drug-likeness (QED) is 0.779. The van der Waals surface area contributed by atoms with Gasteiger partial charge in [-0.15, -0.1) is 0 Å². The average Bonchev–Trinajstić information content (AvgIpc) is 2.87. The topological polar surface area (TPSA) is 58.4 Å². The molecule has 0 saturated carbocycles. The normalized spacial score (nSPS) is 15.5. The predicted octanol–water partition coefficient (Wildman–Crippen LogP) is 0.731. The van der Waals surface area contributed by atoms with Gasteiger partial charge in [0.25, 0.3) is 0 Å². The lowest BCUT2D eigenvalue weighted by Crippen LogP contribution is -2.19. The maximum Gasteiger partial charge on any atom is 0.364 e. The molecule has 0 aliphatic carbocycles. The van der Waals surface area contributed by atoms with Gasteiger partial charge in [-0.05, 0) is 25.1 Å². The number of para-hydroxylation sites is 1. The first kappa shape index (κ1) is 9.84. The second-order valence-corrected chi connectivity index (χ2v) is 3.91. The minimum atomic E-state index is -0.366. The van der Waals surface area contributed by atoms with Crippen LogP contribution in [0.5, 0.6) is 0 Å². The number of aryl methyl sites for hydroxylation is 1. The first-order valence-electron chi connectivity index (χ1n) is 5.29. The van der Waals surface area contributed by atoms with Crippen LogP contribution in [0.25, 0.3) is 12.2 Å². The van der Waals surface area contributed by atoms with E-state index >= 15 is 0 Å². The van der Waals surface area contributed by atoms with Crippen LogP contribution in [0.15, 0.2) is 44.3 Å². The third kappa shape index (κ3) is 1.63. The second kappa shape index (κ2) is 3.59. The molecule has 0 radical (unpaired) electrons. The summed E-state index contributed by atoms with van der Waals surface area (Å²) in [5, 5.41) is 4.54. The van der Waals surface area contributed by atoms with Gasteiger partial charge in [0.2, 0.25) is 0 Å². The SMILES string of the molecule is Cc1[nH]oc(=O)c1C=C1C=c2ccccc2=N1. The van der Waals surface area contributed by atoms with Crippen LogP contribution in [0.1, 0.15) is 11.3 Å². The molecule has 1 aliphatic rings. The molecule has 0 amide bonds. The molecule has 1 aromatic carbocycles. The van der Waals surface area contributed by atoms with Gasteiger partial charge in [0.1, 0.15) is 0 Å². The molecule has 0 fully saturated rings. The highest BCUT2D eigenvalue weighted by atomic mass is 16.5. The Balaban J connectivity index is 2.16. The number of hydrogen-bond donors (Lipinski definition) is 1. The lowest BCUT2D eigenvalue weighted by molar-refractivity contribution is 0.387. The van der Waals surface area contributed by atoms with Crippen LogP contribution >= 0.6 is 0 Å². The van der Waals surface area contributed by atoms with E-state index in [1.807, 2.05) is 30.3 Å². The van der Waals surface area contributed by atoms with Gasteiger partial charge in [0, 0.05) is 5.22 Å². The Morgan fingerprint density at radius 2 is 2.18 bits per heavy atom. The van der Waals surface area contributed by atoms with Gasteiger partial charge >= 0.3 is 5.63 Å². The summed E-state index contributed by atoms with van der Waals surface area (Å²) in [5.41, 5.74) is 1.63. The van der Waals surface area contributed by atoms with E-state index in [0.29, 0.717) is 11.3 Å². The molecule has 3 rings (SSSR count). The van der Waals surface area contributed by atoms with E-state index in [-0.39, 0.29) is 5.63 Å². The first-order valence-corrected chi connectivity index (χ1v) is 5.29. The Labute approximate surface area is 96.6 Å². The molecule has 1 aromatic heterocycles. The zero-order chi connectivity index (χ0) is 11.8. The highest BCUT2D eigenvalue weighted by molar-refractivity contribution is 5.65. The molecule has 1 N–H and O–H groups in total. The van der Waals surface area contributed by atoms with Crippen LogP contribution < -0.4 is 16.2 Å². The van der Waals surface area contributed by atoms with Gasteiger partial charge in [-0.2, -0.15) is 0 Å². The Morgan fingerprint density at radius 1 is 1.35 bits per heavy atom. The number of rotatable bonds is 1. The molecule has 2 aromatic rings. The van der Waals surface area contributed by atoms with Crippen LogP contribution in [-0.2, 0) is 0 Å². The van der Waals surface area contributed by atoms with Gasteiger partial charge < -0.3 is 4.52 Å². The van der Waals surface area contributed by atoms with E-state index in [1.54, 1.807) is 13.0 Å². The Kier molecular flexibility index (Phi) is 2.08. The molecule has 4 heteroatoms. The van der Waals surface area contributed by atoms with Crippen LogP contribution in [0, 0.1) is 6.92 Å². The van der Waals surface area contributed by atoms with Crippen molar-refractivity contribution in [3.63, 3.8) is 0 Å². The molecule has 17 heavy (non-hydrogen) atoms. The minimum Gasteiger partial charge on any atom is -0.338 e. The largest absolute Gasteiger partial charge is 0.364 e. The van der Waals surface area contributed by atoms with E-state index in [4.69, 9.17) is 4.52 Å². The Morgan fingerprint density at radius 3 is 2.88 bits per heavy atom. The number of aromatic amines is 1. The zero-order valence-electron chi connectivity index (χ0n) is 9.23. The number of hydrogen-bond acceptors (Lipinski definition) is 3. The first-order chi connectivity index (χ1) is 8.24. The van der Waals surface area contributed by atoms with Crippen LogP contribution in [0.2, 0.25) is 0 Å². The standard InChI is InChI=1S/C13H10N2O2/c1-8-11(13(16)17-15-8)7-10-6-9-4-2-3-5-12(9)14-10/h2-7,15H,1H3. The fourth-order valence-corrected chi connectivity index (χ4v) is 1.82. The van der Waals surface area contributed by atoms with E-state index < -0.39 is 0 Å². The third-order valence-electron chi connectivity index (χ3n) is 2.70. The molecule has 0 unspecified atom stereocenters. The monoisotopic (exact) mass is 226 g/mol. The minimum absolute atomic E-state index is 0.366. The number of H-pyrrole nitrogens is 1. The number of allylic oxidation sites excluding steroid dienone is 1. The molecule has 0 saturated heterocycles. The molecule has 0 spiro atoms. The van der Waals surface area contributed by atoms with Gasteiger partial charge in [0.15, 0.2) is 0 Å². The van der Waals surface area contributed by atoms with Crippen LogP contribution in [0.3, 0.4) is 0 Å². The van der Waals surface area contributed by atoms with Gasteiger partial charge in [-0.3, -0.25) is 0 Å². The summed E-state index contributed by atoms with van der Waals surface area (Å²) in [5.74, 6) is 0. The Bertz CT molecular complexity index is 741. The van der Waals surface area contributed by atoms with Crippen molar-refractivity contribution in [3.8, 4) is 0 Å². The molecule has 0 atom stereocenters. The molecule has 4 nitrogen and oxygen atoms in total. The van der Waals surface area contributed by atoms with E-state index in [1.165, 1.54) is 0 Å². The Hall–Kier alpha value is -2.36. The molecule has 2 heterocycles. The second-order valence-electron chi connectivity index (χ2n) is 3.91. The van der Waals surface area contributed by atoms with Crippen molar-refractivity contribution in [2.24, 2.45) is 4.99 Å². The van der Waals surface area contributed by atoms with Crippen molar-refractivity contribution in [2.45, 2.75) is 6.92 Å². The van der Waals surface area contributed by atoms with Gasteiger partial charge in [0.05, 0.1) is 22.3 Å². The predicted molar refractivity (Wildman–Crippen MR) is 63.7 cm³/mol. The summed E-state index contributed by atoms with van der Waals surface area (Å²) in [4.78, 5) is 15.8. The molecular formula is C13H10N2O2. The molecule has 84 valence electrons. The summed E-state index contributed by atoms with van der Waals surface area (Å²) in [6.07, 6.45) is 3.68. The fraction of sp³-hybridized carbons (Fsp3) is 0.0769. The van der Waals surface area contributed by atoms with E-state index in [9.17, 15) is 4.79 Å². The summed E-state index contributed by atoms with van der Waals surface area (Å²) in [7, 11) is 0. The smallest absolute Gasteiger partial charge is 0.338 e. The summed E-state index contributed by atoms with van der Waals surface area (Å²) >= 11 is 0. The summed E-state index contributed by atoms with van der Waals surface area (Å²) in [6.45, 7) is 1.79. The van der Waals surface area contributed by atoms with E-state index in [0.717, 1.165) is 16.3 Å². The lowest BCUT2D eigenvalue weighted by atomic mass is 10.2. The van der Waals surface area contributed by atoms with Gasteiger partial charge in [-0.25, -0.2) is 14.9 Å². The van der Waals surface area contributed by atoms with Crippen molar-refractivity contribution in [1.82, 2.24) is 5.16 Å². The number of nitrogens with one attached hydrogen (secondary N) is 1. The number of benzene rings is 1.